The molecular formula is C27H41FN2O. The predicted molar refractivity (Wildman–Crippen MR) is 128 cm³/mol. The summed E-state index contributed by atoms with van der Waals surface area (Å²) in [5.74, 6) is 0.885. The number of nitrogens with zero attached hydrogens (tertiary/aromatic N) is 2. The van der Waals surface area contributed by atoms with Gasteiger partial charge >= 0.3 is 0 Å². The molecule has 1 aromatic carbocycles. The molecule has 2 aromatic rings. The fraction of sp³-hybridized carbons (Fsp3) is 0.630. The molecule has 4 heteroatoms. The van der Waals surface area contributed by atoms with E-state index in [-0.39, 0.29) is 5.95 Å². The van der Waals surface area contributed by atoms with E-state index in [0.717, 1.165) is 37.2 Å². The second kappa shape index (κ2) is 15.8. The summed E-state index contributed by atoms with van der Waals surface area (Å²) in [6.45, 7) is 5.20. The van der Waals surface area contributed by atoms with Crippen molar-refractivity contribution in [2.24, 2.45) is 0 Å². The maximum absolute atomic E-state index is 14.4. The Hall–Kier alpha value is -1.97. The predicted octanol–water partition coefficient (Wildman–Crippen LogP) is 8.32. The van der Waals surface area contributed by atoms with Gasteiger partial charge in [-0.2, -0.15) is 9.37 Å². The fourth-order valence-electron chi connectivity index (χ4n) is 3.74. The molecule has 0 aliphatic heterocycles. The van der Waals surface area contributed by atoms with Gasteiger partial charge in [0, 0.05) is 17.3 Å². The van der Waals surface area contributed by atoms with Gasteiger partial charge in [0.05, 0.1) is 6.61 Å². The average Bonchev–Trinajstić information content (AvgIpc) is 2.79. The van der Waals surface area contributed by atoms with Gasteiger partial charge in [-0.1, -0.05) is 84.5 Å². The summed E-state index contributed by atoms with van der Waals surface area (Å²) in [6, 6.07) is 7.64. The number of hydrogen-bond acceptors (Lipinski definition) is 3. The highest BCUT2D eigenvalue weighted by Gasteiger charge is 2.09. The van der Waals surface area contributed by atoms with Crippen LogP contribution in [0, 0.1) is 5.95 Å². The van der Waals surface area contributed by atoms with Crippen molar-refractivity contribution in [2.75, 3.05) is 6.61 Å². The minimum atomic E-state index is -0.389. The molecule has 0 N–H and O–H groups in total. The Kier molecular flexibility index (Phi) is 12.9. The molecule has 1 heterocycles. The van der Waals surface area contributed by atoms with Gasteiger partial charge in [-0.25, -0.2) is 4.98 Å². The number of halogens is 1. The normalized spacial score (nSPS) is 11.1. The first kappa shape index (κ1) is 25.3. The van der Waals surface area contributed by atoms with Gasteiger partial charge in [0.1, 0.15) is 5.75 Å². The standard InChI is InChI=1S/C27H41FN2O/c1-3-5-7-9-11-12-14-16-24-22-29-27(30-26(24)28)23-17-19-25(20-18-23)31-21-15-13-10-8-6-4-2/h17-20,22H,3-16,21H2,1-2H3. The average molecular weight is 429 g/mol. The first-order valence-corrected chi connectivity index (χ1v) is 12.5. The number of benzene rings is 1. The van der Waals surface area contributed by atoms with Crippen molar-refractivity contribution >= 4 is 0 Å². The van der Waals surface area contributed by atoms with Crippen LogP contribution in [0.2, 0.25) is 0 Å². The van der Waals surface area contributed by atoms with Crippen LogP contribution in [-0.4, -0.2) is 16.6 Å². The van der Waals surface area contributed by atoms with Crippen LogP contribution in [0.3, 0.4) is 0 Å². The number of aromatic nitrogens is 2. The van der Waals surface area contributed by atoms with Gasteiger partial charge in [-0.3, -0.25) is 0 Å². The second-order valence-corrected chi connectivity index (χ2v) is 8.52. The lowest BCUT2D eigenvalue weighted by Gasteiger charge is -2.08. The lowest BCUT2D eigenvalue weighted by atomic mass is 10.1. The molecule has 0 aliphatic carbocycles. The Morgan fingerprint density at radius 1 is 0.742 bits per heavy atom. The van der Waals surface area contributed by atoms with Gasteiger partial charge in [0.2, 0.25) is 5.95 Å². The summed E-state index contributed by atoms with van der Waals surface area (Å²) in [7, 11) is 0. The summed E-state index contributed by atoms with van der Waals surface area (Å²) >= 11 is 0. The van der Waals surface area contributed by atoms with E-state index in [9.17, 15) is 4.39 Å². The summed E-state index contributed by atoms with van der Waals surface area (Å²) in [5.41, 5.74) is 1.43. The number of ether oxygens (including phenoxy) is 1. The summed E-state index contributed by atoms with van der Waals surface area (Å²) in [6.07, 6.45) is 18.4. The zero-order chi connectivity index (χ0) is 22.2. The largest absolute Gasteiger partial charge is 0.494 e. The van der Waals surface area contributed by atoms with Crippen LogP contribution in [0.5, 0.6) is 5.75 Å². The number of aryl methyl sites for hydroxylation is 1. The molecule has 0 bridgehead atoms. The van der Waals surface area contributed by atoms with Gasteiger partial charge in [0.25, 0.3) is 0 Å². The minimum Gasteiger partial charge on any atom is -0.494 e. The number of hydrogen-bond donors (Lipinski definition) is 0. The summed E-state index contributed by atoms with van der Waals surface area (Å²) in [5, 5.41) is 0. The van der Waals surface area contributed by atoms with E-state index in [4.69, 9.17) is 4.74 Å². The lowest BCUT2D eigenvalue weighted by Crippen LogP contribution is -2.00. The quantitative estimate of drug-likeness (QED) is 0.188. The third kappa shape index (κ3) is 10.3. The van der Waals surface area contributed by atoms with E-state index >= 15 is 0 Å². The van der Waals surface area contributed by atoms with Crippen molar-refractivity contribution in [3.05, 3.63) is 42.0 Å². The monoisotopic (exact) mass is 428 g/mol. The van der Waals surface area contributed by atoms with Crippen molar-refractivity contribution in [3.8, 4) is 17.1 Å². The maximum Gasteiger partial charge on any atom is 0.219 e. The van der Waals surface area contributed by atoms with Crippen LogP contribution < -0.4 is 4.74 Å². The van der Waals surface area contributed by atoms with Crippen LogP contribution in [0.1, 0.15) is 103 Å². The molecule has 0 aliphatic rings. The highest BCUT2D eigenvalue weighted by Crippen LogP contribution is 2.21. The second-order valence-electron chi connectivity index (χ2n) is 8.52. The highest BCUT2D eigenvalue weighted by molar-refractivity contribution is 5.56. The molecule has 172 valence electrons. The van der Waals surface area contributed by atoms with E-state index in [1.54, 1.807) is 6.20 Å². The molecule has 1 aromatic heterocycles. The van der Waals surface area contributed by atoms with Crippen molar-refractivity contribution in [1.29, 1.82) is 0 Å². The molecule has 3 nitrogen and oxygen atoms in total. The zero-order valence-corrected chi connectivity index (χ0v) is 19.7. The maximum atomic E-state index is 14.4. The first-order chi connectivity index (χ1) is 15.2. The third-order valence-electron chi connectivity index (χ3n) is 5.74. The molecule has 0 unspecified atom stereocenters. The molecule has 0 amide bonds. The Labute approximate surface area is 188 Å². The van der Waals surface area contributed by atoms with E-state index in [1.807, 2.05) is 24.3 Å². The molecule has 0 fully saturated rings. The molecule has 2 rings (SSSR count). The molecule has 0 radical (unpaired) electrons. The van der Waals surface area contributed by atoms with E-state index in [0.29, 0.717) is 17.8 Å². The smallest absolute Gasteiger partial charge is 0.219 e. The van der Waals surface area contributed by atoms with Crippen molar-refractivity contribution < 1.29 is 9.13 Å². The van der Waals surface area contributed by atoms with Gasteiger partial charge in [-0.15, -0.1) is 0 Å². The van der Waals surface area contributed by atoms with Crippen LogP contribution in [-0.2, 0) is 6.42 Å². The van der Waals surface area contributed by atoms with Crippen molar-refractivity contribution in [3.63, 3.8) is 0 Å². The molecule has 0 spiro atoms. The molecule has 31 heavy (non-hydrogen) atoms. The van der Waals surface area contributed by atoms with Crippen molar-refractivity contribution in [2.45, 2.75) is 104 Å². The SMILES string of the molecule is CCCCCCCCCc1cnc(-c2ccc(OCCCCCCCC)cc2)nc1F. The Morgan fingerprint density at radius 3 is 1.94 bits per heavy atom. The molecule has 0 saturated carbocycles. The van der Waals surface area contributed by atoms with Gasteiger partial charge in [-0.05, 0) is 43.5 Å². The lowest BCUT2D eigenvalue weighted by molar-refractivity contribution is 0.304. The summed E-state index contributed by atoms with van der Waals surface area (Å²) in [4.78, 5) is 8.50. The third-order valence-corrected chi connectivity index (χ3v) is 5.74. The zero-order valence-electron chi connectivity index (χ0n) is 19.7. The van der Waals surface area contributed by atoms with E-state index < -0.39 is 0 Å². The first-order valence-electron chi connectivity index (χ1n) is 12.5. The van der Waals surface area contributed by atoms with E-state index in [2.05, 4.69) is 23.8 Å². The van der Waals surface area contributed by atoms with Crippen molar-refractivity contribution in [1.82, 2.24) is 9.97 Å². The van der Waals surface area contributed by atoms with Crippen LogP contribution >= 0.6 is 0 Å². The van der Waals surface area contributed by atoms with Crippen LogP contribution in [0.15, 0.2) is 30.5 Å². The Morgan fingerprint density at radius 2 is 1.32 bits per heavy atom. The fourth-order valence-corrected chi connectivity index (χ4v) is 3.74. The number of rotatable bonds is 17. The van der Waals surface area contributed by atoms with Crippen LogP contribution in [0.25, 0.3) is 11.4 Å². The molecular weight excluding hydrogens is 387 g/mol. The molecule has 0 saturated heterocycles. The van der Waals surface area contributed by atoms with Crippen LogP contribution in [0.4, 0.5) is 4.39 Å². The molecule has 0 atom stereocenters. The Bertz CT molecular complexity index is 718. The van der Waals surface area contributed by atoms with Gasteiger partial charge < -0.3 is 4.74 Å². The van der Waals surface area contributed by atoms with E-state index in [1.165, 1.54) is 64.2 Å². The number of unbranched alkanes of at least 4 members (excludes halogenated alkanes) is 11. The Balaban J connectivity index is 1.73. The summed E-state index contributed by atoms with van der Waals surface area (Å²) < 4.78 is 20.2. The minimum absolute atomic E-state index is 0.389. The highest BCUT2D eigenvalue weighted by atomic mass is 19.1. The topological polar surface area (TPSA) is 35.0 Å². The van der Waals surface area contributed by atoms with Gasteiger partial charge in [0.15, 0.2) is 5.82 Å².